The van der Waals surface area contributed by atoms with Gasteiger partial charge in [0.1, 0.15) is 0 Å². The van der Waals surface area contributed by atoms with E-state index >= 15 is 0 Å². The van der Waals surface area contributed by atoms with E-state index in [0.29, 0.717) is 21.2 Å². The van der Waals surface area contributed by atoms with Gasteiger partial charge < -0.3 is 11.5 Å². The van der Waals surface area contributed by atoms with Crippen molar-refractivity contribution in [2.75, 3.05) is 0 Å². The highest BCUT2D eigenvalue weighted by Gasteiger charge is 2.31. The van der Waals surface area contributed by atoms with Crippen molar-refractivity contribution in [1.82, 2.24) is 0 Å². The predicted octanol–water partition coefficient (Wildman–Crippen LogP) is 3.06. The van der Waals surface area contributed by atoms with Crippen LogP contribution in [-0.4, -0.2) is 0 Å². The molecule has 1 aliphatic heterocycles. The van der Waals surface area contributed by atoms with E-state index in [9.17, 15) is 10.5 Å². The highest BCUT2D eigenvalue weighted by atomic mass is 32.2. The minimum atomic E-state index is -0.499. The highest BCUT2D eigenvalue weighted by Crippen LogP contribution is 2.43. The number of nitrogens with zero attached hydrogens (tertiary/aromatic N) is 2. The van der Waals surface area contributed by atoms with Gasteiger partial charge in [-0.05, 0) is 16.3 Å². The van der Waals surface area contributed by atoms with Crippen LogP contribution in [-0.2, 0) is 0 Å². The normalized spacial score (nSPS) is 15.7. The van der Waals surface area contributed by atoms with Crippen molar-refractivity contribution in [2.45, 2.75) is 5.92 Å². The van der Waals surface area contributed by atoms with E-state index in [-0.39, 0.29) is 0 Å². The summed E-state index contributed by atoms with van der Waals surface area (Å²) in [5, 5.41) is 21.7. The van der Waals surface area contributed by atoms with E-state index in [1.165, 1.54) is 0 Å². The van der Waals surface area contributed by atoms with Crippen LogP contribution in [0, 0.1) is 22.7 Å². The number of thioether (sulfide) groups is 1. The maximum atomic E-state index is 9.43. The summed E-state index contributed by atoms with van der Waals surface area (Å²) in [6.45, 7) is 0. The molecule has 0 atom stereocenters. The first-order valence-corrected chi connectivity index (χ1v) is 7.43. The summed E-state index contributed by atoms with van der Waals surface area (Å²) in [6, 6.07) is 18.1. The van der Waals surface area contributed by atoms with E-state index < -0.39 is 5.92 Å². The number of hydrogen-bond acceptors (Lipinski definition) is 5. The van der Waals surface area contributed by atoms with Crippen LogP contribution >= 0.6 is 11.8 Å². The lowest BCUT2D eigenvalue weighted by atomic mass is 9.85. The molecule has 0 saturated heterocycles. The second-order valence-corrected chi connectivity index (χ2v) is 6.00. The minimum Gasteiger partial charge on any atom is -0.392 e. The van der Waals surface area contributed by atoms with Gasteiger partial charge in [0.05, 0.1) is 39.3 Å². The summed E-state index contributed by atoms with van der Waals surface area (Å²) in [5.41, 5.74) is 13.5. The van der Waals surface area contributed by atoms with Crippen molar-refractivity contribution in [2.24, 2.45) is 11.5 Å². The molecule has 1 aliphatic rings. The lowest BCUT2D eigenvalue weighted by Crippen LogP contribution is -2.18. The van der Waals surface area contributed by atoms with Gasteiger partial charge >= 0.3 is 0 Å². The zero-order valence-electron chi connectivity index (χ0n) is 11.6. The van der Waals surface area contributed by atoms with Crippen molar-refractivity contribution in [3.63, 3.8) is 0 Å². The fourth-order valence-electron chi connectivity index (χ4n) is 2.62. The molecule has 5 heteroatoms. The molecule has 0 aliphatic carbocycles. The Morgan fingerprint density at radius 3 is 2.05 bits per heavy atom. The van der Waals surface area contributed by atoms with Crippen molar-refractivity contribution in [1.29, 1.82) is 10.5 Å². The van der Waals surface area contributed by atoms with Crippen LogP contribution < -0.4 is 11.5 Å². The number of nitrogens with two attached hydrogens (primary N) is 2. The predicted molar refractivity (Wildman–Crippen MR) is 87.9 cm³/mol. The van der Waals surface area contributed by atoms with Crippen LogP contribution in [0.15, 0.2) is 63.7 Å². The number of allylic oxidation sites excluding steroid dienone is 2. The molecule has 3 rings (SSSR count). The molecule has 0 saturated carbocycles. The molecule has 22 heavy (non-hydrogen) atoms. The largest absolute Gasteiger partial charge is 0.392 e. The summed E-state index contributed by atoms with van der Waals surface area (Å²) in [5.74, 6) is -0.499. The van der Waals surface area contributed by atoms with Crippen molar-refractivity contribution < 1.29 is 0 Å². The molecule has 1 heterocycles. The van der Waals surface area contributed by atoms with E-state index in [0.717, 1.165) is 28.1 Å². The zero-order valence-corrected chi connectivity index (χ0v) is 12.4. The van der Waals surface area contributed by atoms with Crippen molar-refractivity contribution in [3.05, 3.63) is 69.2 Å². The quantitative estimate of drug-likeness (QED) is 0.843. The van der Waals surface area contributed by atoms with Crippen molar-refractivity contribution in [3.8, 4) is 12.1 Å². The summed E-state index contributed by atoms with van der Waals surface area (Å²) in [7, 11) is 0. The van der Waals surface area contributed by atoms with Crippen LogP contribution in [0.5, 0.6) is 0 Å². The van der Waals surface area contributed by atoms with Gasteiger partial charge in [-0.2, -0.15) is 10.5 Å². The molecule has 4 N–H and O–H groups in total. The summed E-state index contributed by atoms with van der Waals surface area (Å²) in [4.78, 5) is 0. The van der Waals surface area contributed by atoms with Crippen molar-refractivity contribution >= 4 is 22.5 Å². The van der Waals surface area contributed by atoms with Crippen LogP contribution in [0.2, 0.25) is 0 Å². The SMILES string of the molecule is N#CC1=C(N)SC(N)=C(C#N)C1c1ccc2ccccc2c1. The second kappa shape index (κ2) is 5.48. The number of hydrogen-bond donors (Lipinski definition) is 2. The monoisotopic (exact) mass is 304 g/mol. The van der Waals surface area contributed by atoms with Gasteiger partial charge in [-0.25, -0.2) is 0 Å². The molecule has 106 valence electrons. The Kier molecular flexibility index (Phi) is 3.50. The molecule has 0 bridgehead atoms. The Morgan fingerprint density at radius 1 is 0.864 bits per heavy atom. The van der Waals surface area contributed by atoms with Crippen LogP contribution in [0.1, 0.15) is 11.5 Å². The molecule has 2 aromatic carbocycles. The Bertz CT molecular complexity index is 876. The van der Waals surface area contributed by atoms with Gasteiger partial charge in [0.2, 0.25) is 0 Å². The maximum absolute atomic E-state index is 9.43. The molecular weight excluding hydrogens is 292 g/mol. The van der Waals surface area contributed by atoms with Gasteiger partial charge in [-0.1, -0.05) is 54.2 Å². The van der Waals surface area contributed by atoms with Crippen LogP contribution in [0.4, 0.5) is 0 Å². The standard InChI is InChI=1S/C17H12N4S/c18-8-13-15(14(9-19)17(21)22-16(13)20)12-6-5-10-3-1-2-4-11(10)7-12/h1-7,15H,20-21H2. The average molecular weight is 304 g/mol. The molecule has 2 aromatic rings. The maximum Gasteiger partial charge on any atom is 0.0985 e. The smallest absolute Gasteiger partial charge is 0.0985 e. The summed E-state index contributed by atoms with van der Waals surface area (Å²) in [6.07, 6.45) is 0. The molecular formula is C17H12N4S. The van der Waals surface area contributed by atoms with Gasteiger partial charge in [0.25, 0.3) is 0 Å². The number of nitriles is 2. The fraction of sp³-hybridized carbons (Fsp3) is 0.0588. The molecule has 0 aromatic heterocycles. The summed E-state index contributed by atoms with van der Waals surface area (Å²) >= 11 is 1.08. The Hall–Kier alpha value is -2.89. The second-order valence-electron chi connectivity index (χ2n) is 4.92. The zero-order chi connectivity index (χ0) is 15.7. The third kappa shape index (κ3) is 2.18. The fourth-order valence-corrected chi connectivity index (χ4v) is 3.40. The Labute approximate surface area is 132 Å². The topological polar surface area (TPSA) is 99.6 Å². The van der Waals surface area contributed by atoms with Gasteiger partial charge in [-0.15, -0.1) is 0 Å². The van der Waals surface area contributed by atoms with Gasteiger partial charge in [0, 0.05) is 0 Å². The molecule has 0 spiro atoms. The lowest BCUT2D eigenvalue weighted by Gasteiger charge is -2.23. The Morgan fingerprint density at radius 2 is 1.45 bits per heavy atom. The molecule has 0 unspecified atom stereocenters. The van der Waals surface area contributed by atoms with E-state index in [2.05, 4.69) is 12.1 Å². The number of fused-ring (bicyclic) bond motifs is 1. The number of benzene rings is 2. The highest BCUT2D eigenvalue weighted by molar-refractivity contribution is 8.06. The van der Waals surface area contributed by atoms with E-state index in [1.807, 2.05) is 42.5 Å². The van der Waals surface area contributed by atoms with Gasteiger partial charge in [-0.3, -0.25) is 0 Å². The van der Waals surface area contributed by atoms with Crippen LogP contribution in [0.3, 0.4) is 0 Å². The third-order valence-electron chi connectivity index (χ3n) is 3.68. The average Bonchev–Trinajstić information content (AvgIpc) is 2.54. The van der Waals surface area contributed by atoms with E-state index in [1.54, 1.807) is 0 Å². The molecule has 0 fully saturated rings. The Balaban J connectivity index is 2.23. The first-order valence-electron chi connectivity index (χ1n) is 6.61. The van der Waals surface area contributed by atoms with Gasteiger partial charge in [0.15, 0.2) is 0 Å². The third-order valence-corrected chi connectivity index (χ3v) is 4.56. The number of rotatable bonds is 1. The first kappa shape index (κ1) is 14.1. The molecule has 0 amide bonds. The molecule has 4 nitrogen and oxygen atoms in total. The summed E-state index contributed by atoms with van der Waals surface area (Å²) < 4.78 is 0. The first-order chi connectivity index (χ1) is 10.7. The van der Waals surface area contributed by atoms with E-state index in [4.69, 9.17) is 11.5 Å². The van der Waals surface area contributed by atoms with Crippen LogP contribution in [0.25, 0.3) is 10.8 Å². The lowest BCUT2D eigenvalue weighted by molar-refractivity contribution is 0.960. The minimum absolute atomic E-state index is 0.358. The molecule has 0 radical (unpaired) electrons.